The molecule has 0 aromatic heterocycles. The number of carbonyl (C=O) groups excluding carboxylic acids is 1. The number of likely N-dealkylation sites (tertiary alicyclic amines) is 1. The third-order valence-corrected chi connectivity index (χ3v) is 5.15. The lowest BCUT2D eigenvalue weighted by atomic mass is 10.00. The highest BCUT2D eigenvalue weighted by molar-refractivity contribution is 6.33. The van der Waals surface area contributed by atoms with E-state index in [0.29, 0.717) is 32.0 Å². The van der Waals surface area contributed by atoms with Crippen molar-refractivity contribution in [3.05, 3.63) is 33.8 Å². The van der Waals surface area contributed by atoms with E-state index < -0.39 is 35.0 Å². The van der Waals surface area contributed by atoms with Crippen molar-refractivity contribution in [1.82, 2.24) is 9.80 Å². The molecule has 0 radical (unpaired) electrons. The molecule has 168 valence electrons. The number of likely N-dealkylation sites (N-methyl/N-ethyl adjacent to an activating group) is 1. The molecule has 0 spiro atoms. The molecule has 0 saturated carbocycles. The molecule has 1 atom stereocenters. The van der Waals surface area contributed by atoms with E-state index in [1.165, 1.54) is 4.90 Å². The van der Waals surface area contributed by atoms with Gasteiger partial charge in [0.15, 0.2) is 0 Å². The molecule has 1 aromatic carbocycles. The van der Waals surface area contributed by atoms with E-state index in [2.05, 4.69) is 0 Å². The Kier molecular flexibility index (Phi) is 7.29. The summed E-state index contributed by atoms with van der Waals surface area (Å²) in [5, 5.41) is 8.84. The lowest BCUT2D eigenvalue weighted by Crippen LogP contribution is -2.49. The first-order valence-electron chi connectivity index (χ1n) is 9.50. The van der Waals surface area contributed by atoms with E-state index >= 15 is 0 Å². The van der Waals surface area contributed by atoms with Gasteiger partial charge < -0.3 is 14.7 Å². The molecule has 1 saturated heterocycles. The first-order chi connectivity index (χ1) is 13.7. The third kappa shape index (κ3) is 6.25. The zero-order chi connectivity index (χ0) is 22.9. The Morgan fingerprint density at radius 2 is 1.93 bits per heavy atom. The maximum atomic E-state index is 13.5. The number of alkyl halides is 3. The second-order valence-electron chi connectivity index (χ2n) is 8.41. The second kappa shape index (κ2) is 9.01. The van der Waals surface area contributed by atoms with Crippen LogP contribution in [0.3, 0.4) is 0 Å². The molecule has 2 rings (SSSR count). The van der Waals surface area contributed by atoms with Gasteiger partial charge >= 0.3 is 18.2 Å². The Morgan fingerprint density at radius 3 is 2.47 bits per heavy atom. The van der Waals surface area contributed by atoms with Crippen LogP contribution in [-0.4, -0.2) is 58.7 Å². The van der Waals surface area contributed by atoms with Crippen molar-refractivity contribution in [2.24, 2.45) is 0 Å². The summed E-state index contributed by atoms with van der Waals surface area (Å²) in [6.07, 6.45) is -3.80. The van der Waals surface area contributed by atoms with Gasteiger partial charge in [-0.15, -0.1) is 0 Å². The van der Waals surface area contributed by atoms with E-state index in [0.717, 1.165) is 6.07 Å². The maximum Gasteiger partial charge on any atom is 0.416 e. The number of rotatable bonds is 4. The van der Waals surface area contributed by atoms with Crippen LogP contribution in [0.4, 0.5) is 18.0 Å². The average molecular weight is 451 g/mol. The van der Waals surface area contributed by atoms with Crippen molar-refractivity contribution < 1.29 is 32.6 Å². The van der Waals surface area contributed by atoms with Crippen molar-refractivity contribution in [3.8, 4) is 0 Å². The molecule has 0 unspecified atom stereocenters. The second-order valence-corrected chi connectivity index (χ2v) is 8.82. The number of aromatic carboxylic acids is 1. The Morgan fingerprint density at radius 1 is 1.30 bits per heavy atom. The largest absolute Gasteiger partial charge is 0.478 e. The Balaban J connectivity index is 2.21. The van der Waals surface area contributed by atoms with Gasteiger partial charge in [0.2, 0.25) is 0 Å². The molecule has 0 aliphatic carbocycles. The molecule has 30 heavy (non-hydrogen) atoms. The average Bonchev–Trinajstić information content (AvgIpc) is 2.58. The van der Waals surface area contributed by atoms with E-state index in [-0.39, 0.29) is 23.2 Å². The highest BCUT2D eigenvalue weighted by Gasteiger charge is 2.36. The number of benzene rings is 1. The predicted molar refractivity (Wildman–Crippen MR) is 106 cm³/mol. The number of carbonyl (C=O) groups is 2. The summed E-state index contributed by atoms with van der Waals surface area (Å²) in [6.45, 7) is 6.13. The van der Waals surface area contributed by atoms with Crippen LogP contribution in [0.1, 0.15) is 55.1 Å². The first-order valence-corrected chi connectivity index (χ1v) is 9.88. The van der Waals surface area contributed by atoms with Crippen LogP contribution in [-0.2, 0) is 17.5 Å². The Bertz CT molecular complexity index is 808. The minimum atomic E-state index is -4.72. The number of halogens is 4. The van der Waals surface area contributed by atoms with Crippen LogP contribution in [0, 0.1) is 0 Å². The molecule has 1 aliphatic heterocycles. The van der Waals surface area contributed by atoms with Crippen molar-refractivity contribution in [1.29, 1.82) is 0 Å². The summed E-state index contributed by atoms with van der Waals surface area (Å²) in [5.41, 5.74) is -2.36. The number of ether oxygens (including phenoxy) is 1. The van der Waals surface area contributed by atoms with Crippen molar-refractivity contribution in [3.63, 3.8) is 0 Å². The number of nitrogens with zero attached hydrogens (tertiary/aromatic N) is 2. The van der Waals surface area contributed by atoms with Gasteiger partial charge in [0, 0.05) is 26.2 Å². The van der Waals surface area contributed by atoms with Gasteiger partial charge in [0.1, 0.15) is 5.60 Å². The van der Waals surface area contributed by atoms with Crippen LogP contribution >= 0.6 is 11.6 Å². The smallest absolute Gasteiger partial charge is 0.416 e. The van der Waals surface area contributed by atoms with Gasteiger partial charge in [0.25, 0.3) is 0 Å². The monoisotopic (exact) mass is 450 g/mol. The fraction of sp³-hybridized carbons (Fsp3) is 0.600. The lowest BCUT2D eigenvalue weighted by molar-refractivity contribution is -0.138. The Hall–Kier alpha value is -2.00. The number of carboxylic acids is 1. The fourth-order valence-electron chi connectivity index (χ4n) is 3.39. The molecule has 1 heterocycles. The minimum Gasteiger partial charge on any atom is -0.478 e. The number of amides is 1. The zero-order valence-electron chi connectivity index (χ0n) is 17.3. The van der Waals surface area contributed by atoms with Crippen molar-refractivity contribution in [2.45, 2.75) is 58.0 Å². The van der Waals surface area contributed by atoms with Gasteiger partial charge in [-0.2, -0.15) is 13.2 Å². The number of carboxylic acid groups (broad SMARTS) is 1. The molecule has 1 aromatic rings. The quantitative estimate of drug-likeness (QED) is 0.707. The van der Waals surface area contributed by atoms with Crippen LogP contribution in [0.2, 0.25) is 5.02 Å². The van der Waals surface area contributed by atoms with Crippen molar-refractivity contribution >= 4 is 23.7 Å². The van der Waals surface area contributed by atoms with Crippen LogP contribution in [0.5, 0.6) is 0 Å². The summed E-state index contributed by atoms with van der Waals surface area (Å²) in [4.78, 5) is 26.8. The fourth-order valence-corrected chi connectivity index (χ4v) is 3.65. The summed E-state index contributed by atoms with van der Waals surface area (Å²) in [5.74, 6) is -1.52. The third-order valence-electron chi connectivity index (χ3n) is 4.83. The Labute approximate surface area is 178 Å². The van der Waals surface area contributed by atoms with Crippen LogP contribution in [0.25, 0.3) is 0 Å². The molecule has 1 amide bonds. The van der Waals surface area contributed by atoms with Gasteiger partial charge in [-0.05, 0) is 57.9 Å². The summed E-state index contributed by atoms with van der Waals surface area (Å²) in [7, 11) is 1.61. The topological polar surface area (TPSA) is 70.1 Å². The van der Waals surface area contributed by atoms with E-state index in [9.17, 15) is 22.8 Å². The molecule has 1 N–H and O–H groups in total. The molecule has 1 aliphatic rings. The van der Waals surface area contributed by atoms with Gasteiger partial charge in [-0.25, -0.2) is 9.59 Å². The SMILES string of the molecule is CN(C(=O)OC(C)(C)C)[C@H]1CCCN(Cc2cc(Cl)c(C(=O)O)cc2C(F)(F)F)C1. The van der Waals surface area contributed by atoms with E-state index in [4.69, 9.17) is 21.4 Å². The highest BCUT2D eigenvalue weighted by Crippen LogP contribution is 2.36. The maximum absolute atomic E-state index is 13.5. The van der Waals surface area contributed by atoms with Crippen LogP contribution < -0.4 is 0 Å². The molecular formula is C20H26ClF3N2O4. The molecular weight excluding hydrogens is 425 g/mol. The normalized spacial score (nSPS) is 18.2. The highest BCUT2D eigenvalue weighted by atomic mass is 35.5. The molecule has 10 heteroatoms. The van der Waals surface area contributed by atoms with Crippen LogP contribution in [0.15, 0.2) is 12.1 Å². The standard InChI is InChI=1S/C20H26ClF3N2O4/c1-19(2,3)30-18(29)25(4)13-6-5-7-26(11-13)10-12-8-16(21)14(17(27)28)9-15(12)20(22,23)24/h8-9,13H,5-7,10-11H2,1-4H3,(H,27,28)/t13-/m0/s1. The predicted octanol–water partition coefficient (Wildman–Crippen LogP) is 4.89. The van der Waals surface area contributed by atoms with Gasteiger partial charge in [-0.1, -0.05) is 11.6 Å². The number of piperidine rings is 1. The van der Waals surface area contributed by atoms with E-state index in [1.54, 1.807) is 32.7 Å². The molecule has 1 fully saturated rings. The summed E-state index contributed by atoms with van der Waals surface area (Å²) in [6, 6.07) is 1.43. The lowest BCUT2D eigenvalue weighted by Gasteiger charge is -2.38. The van der Waals surface area contributed by atoms with Gasteiger partial charge in [0.05, 0.1) is 16.1 Å². The van der Waals surface area contributed by atoms with Crippen molar-refractivity contribution in [2.75, 3.05) is 20.1 Å². The minimum absolute atomic E-state index is 0.0624. The van der Waals surface area contributed by atoms with E-state index in [1.807, 2.05) is 0 Å². The molecule has 0 bridgehead atoms. The number of hydrogen-bond acceptors (Lipinski definition) is 4. The molecule has 6 nitrogen and oxygen atoms in total. The van der Waals surface area contributed by atoms with Gasteiger partial charge in [-0.3, -0.25) is 4.90 Å². The zero-order valence-corrected chi connectivity index (χ0v) is 18.1. The summed E-state index contributed by atoms with van der Waals surface area (Å²) < 4.78 is 45.9. The first kappa shape index (κ1) is 24.3. The number of hydrogen-bond donors (Lipinski definition) is 1. The summed E-state index contributed by atoms with van der Waals surface area (Å²) >= 11 is 5.91.